The van der Waals surface area contributed by atoms with E-state index in [2.05, 4.69) is 10.6 Å². The minimum Gasteiger partial charge on any atom is -0.478 e. The third kappa shape index (κ3) is 6.03. The molecule has 0 aromatic heterocycles. The molecule has 0 saturated carbocycles. The Bertz CT molecular complexity index is 861. The first-order valence-corrected chi connectivity index (χ1v) is 9.50. The molecule has 0 aliphatic carbocycles. The zero-order valence-corrected chi connectivity index (χ0v) is 16.8. The Kier molecular flexibility index (Phi) is 7.55. The summed E-state index contributed by atoms with van der Waals surface area (Å²) < 4.78 is 0. The molecule has 1 amide bonds. The lowest BCUT2D eigenvalue weighted by Crippen LogP contribution is -2.35. The predicted molar refractivity (Wildman–Crippen MR) is 110 cm³/mol. The van der Waals surface area contributed by atoms with E-state index in [1.54, 1.807) is 24.3 Å². The van der Waals surface area contributed by atoms with Gasteiger partial charge in [-0.3, -0.25) is 4.79 Å². The molecule has 0 atom stereocenters. The number of anilines is 1. The molecule has 26 heavy (non-hydrogen) atoms. The molecule has 0 spiro atoms. The fraction of sp³-hybridized carbons (Fsp3) is 0.0625. The highest BCUT2D eigenvalue weighted by Crippen LogP contribution is 2.29. The summed E-state index contributed by atoms with van der Waals surface area (Å²) in [6.07, 6.45) is 0. The number of amides is 1. The highest BCUT2D eigenvalue weighted by atomic mass is 35.5. The number of thiocarbonyl (C=S) groups is 1. The first-order chi connectivity index (χ1) is 12.3. The Morgan fingerprint density at radius 3 is 2.35 bits per heavy atom. The van der Waals surface area contributed by atoms with E-state index in [0.29, 0.717) is 5.02 Å². The van der Waals surface area contributed by atoms with Crippen LogP contribution in [0.2, 0.25) is 15.1 Å². The molecule has 0 bridgehead atoms. The van der Waals surface area contributed by atoms with Crippen LogP contribution >= 0.6 is 58.8 Å². The van der Waals surface area contributed by atoms with Crippen LogP contribution in [-0.2, 0) is 4.79 Å². The van der Waals surface area contributed by atoms with Crippen LogP contribution in [0.4, 0.5) is 5.69 Å². The van der Waals surface area contributed by atoms with Crippen molar-refractivity contribution in [2.24, 2.45) is 0 Å². The third-order valence-electron chi connectivity index (χ3n) is 2.97. The van der Waals surface area contributed by atoms with Gasteiger partial charge in [-0.05, 0) is 48.6 Å². The van der Waals surface area contributed by atoms with Crippen molar-refractivity contribution in [2.45, 2.75) is 4.90 Å². The van der Waals surface area contributed by atoms with Gasteiger partial charge in [0.25, 0.3) is 0 Å². The van der Waals surface area contributed by atoms with Gasteiger partial charge < -0.3 is 15.7 Å². The average molecular weight is 450 g/mol. The van der Waals surface area contributed by atoms with E-state index < -0.39 is 5.97 Å². The number of halogens is 3. The molecule has 0 radical (unpaired) electrons. The van der Waals surface area contributed by atoms with Crippen LogP contribution in [0, 0.1) is 0 Å². The van der Waals surface area contributed by atoms with Crippen LogP contribution in [-0.4, -0.2) is 27.8 Å². The van der Waals surface area contributed by atoms with Crippen molar-refractivity contribution in [1.82, 2.24) is 5.32 Å². The van der Waals surface area contributed by atoms with Gasteiger partial charge in [-0.1, -0.05) is 34.8 Å². The molecule has 136 valence electrons. The van der Waals surface area contributed by atoms with Gasteiger partial charge in [-0.15, -0.1) is 11.8 Å². The maximum atomic E-state index is 12.0. The number of carboxylic acids is 1. The maximum absolute atomic E-state index is 12.0. The van der Waals surface area contributed by atoms with Crippen molar-refractivity contribution in [1.29, 1.82) is 0 Å². The van der Waals surface area contributed by atoms with E-state index in [1.807, 2.05) is 0 Å². The van der Waals surface area contributed by atoms with Crippen LogP contribution in [0.15, 0.2) is 41.3 Å². The van der Waals surface area contributed by atoms with Crippen molar-refractivity contribution in [3.63, 3.8) is 0 Å². The molecule has 2 aromatic carbocycles. The van der Waals surface area contributed by atoms with Gasteiger partial charge in [0, 0.05) is 9.92 Å². The number of hydrogen-bond acceptors (Lipinski definition) is 4. The van der Waals surface area contributed by atoms with Crippen LogP contribution in [0.1, 0.15) is 10.4 Å². The zero-order valence-electron chi connectivity index (χ0n) is 12.9. The Hall–Kier alpha value is -1.51. The van der Waals surface area contributed by atoms with Gasteiger partial charge in [0.2, 0.25) is 5.91 Å². The summed E-state index contributed by atoms with van der Waals surface area (Å²) in [6.45, 7) is 0. The number of hydrogen-bond donors (Lipinski definition) is 3. The minimum atomic E-state index is -1.20. The number of rotatable bonds is 5. The first-order valence-electron chi connectivity index (χ1n) is 6.98. The summed E-state index contributed by atoms with van der Waals surface area (Å²) >= 11 is 24.0. The van der Waals surface area contributed by atoms with E-state index in [0.717, 1.165) is 4.90 Å². The summed E-state index contributed by atoms with van der Waals surface area (Å²) in [4.78, 5) is 24.0. The highest BCUT2D eigenvalue weighted by molar-refractivity contribution is 8.00. The summed E-state index contributed by atoms with van der Waals surface area (Å²) in [5.74, 6) is -1.40. The first kappa shape index (κ1) is 20.8. The topological polar surface area (TPSA) is 78.4 Å². The highest BCUT2D eigenvalue weighted by Gasteiger charge is 2.14. The van der Waals surface area contributed by atoms with Crippen LogP contribution in [0.25, 0.3) is 0 Å². The standard InChI is InChI=1S/C16H11Cl3N2O3S2/c17-8-1-3-9(4-2-8)26-7-14(22)21-16(25)20-13-5-10(15(23)24)11(18)6-12(13)19/h1-6H,7H2,(H,23,24)(H2,20,21,22,25). The molecule has 0 aliphatic heterocycles. The molecular weight excluding hydrogens is 439 g/mol. The fourth-order valence-electron chi connectivity index (χ4n) is 1.80. The predicted octanol–water partition coefficient (Wildman–Crippen LogP) is 4.95. The molecule has 0 saturated heterocycles. The number of thioether (sulfide) groups is 1. The second-order valence-corrected chi connectivity index (χ2v) is 7.57. The van der Waals surface area contributed by atoms with Crippen LogP contribution < -0.4 is 10.6 Å². The summed E-state index contributed by atoms with van der Waals surface area (Å²) in [6, 6.07) is 9.60. The number of carbonyl (C=O) groups excluding carboxylic acids is 1. The molecule has 2 rings (SSSR count). The van der Waals surface area contributed by atoms with Gasteiger partial charge in [-0.2, -0.15) is 0 Å². The van der Waals surface area contributed by atoms with E-state index >= 15 is 0 Å². The summed E-state index contributed by atoms with van der Waals surface area (Å²) in [5.41, 5.74) is 0.0927. The molecule has 0 aliphatic rings. The Balaban J connectivity index is 1.93. The van der Waals surface area contributed by atoms with E-state index in [1.165, 1.54) is 23.9 Å². The summed E-state index contributed by atoms with van der Waals surface area (Å²) in [5, 5.41) is 15.1. The molecule has 5 nitrogen and oxygen atoms in total. The molecule has 0 heterocycles. The molecule has 2 aromatic rings. The SMILES string of the molecule is O=C(CSc1ccc(Cl)cc1)NC(=S)Nc1cc(C(=O)O)c(Cl)cc1Cl. The quantitative estimate of drug-likeness (QED) is 0.443. The molecule has 3 N–H and O–H groups in total. The summed E-state index contributed by atoms with van der Waals surface area (Å²) in [7, 11) is 0. The zero-order chi connectivity index (χ0) is 19.3. The lowest BCUT2D eigenvalue weighted by molar-refractivity contribution is -0.117. The van der Waals surface area contributed by atoms with Crippen LogP contribution in [0.5, 0.6) is 0 Å². The maximum Gasteiger partial charge on any atom is 0.337 e. The van der Waals surface area contributed by atoms with Gasteiger partial charge >= 0.3 is 5.97 Å². The number of benzene rings is 2. The van der Waals surface area contributed by atoms with E-state index in [-0.39, 0.29) is 38.1 Å². The Morgan fingerprint density at radius 1 is 1.08 bits per heavy atom. The number of carbonyl (C=O) groups is 2. The Morgan fingerprint density at radius 2 is 1.73 bits per heavy atom. The average Bonchev–Trinajstić information content (AvgIpc) is 2.56. The molecular formula is C16H11Cl3N2O3S2. The van der Waals surface area contributed by atoms with Gasteiger partial charge in [0.15, 0.2) is 5.11 Å². The number of carboxylic acid groups (broad SMARTS) is 1. The van der Waals surface area contributed by atoms with E-state index in [4.69, 9.17) is 52.1 Å². The molecule has 0 fully saturated rings. The van der Waals surface area contributed by atoms with Gasteiger partial charge in [-0.25, -0.2) is 4.79 Å². The molecule has 10 heteroatoms. The Labute approximate surface area is 174 Å². The smallest absolute Gasteiger partial charge is 0.337 e. The van der Waals surface area contributed by atoms with Crippen molar-refractivity contribution in [3.8, 4) is 0 Å². The lowest BCUT2D eigenvalue weighted by Gasteiger charge is -2.12. The second-order valence-electron chi connectivity index (χ2n) is 4.86. The van der Waals surface area contributed by atoms with Gasteiger partial charge in [0.1, 0.15) is 0 Å². The van der Waals surface area contributed by atoms with Gasteiger partial charge in [0.05, 0.1) is 27.0 Å². The largest absolute Gasteiger partial charge is 0.478 e. The van der Waals surface area contributed by atoms with Crippen molar-refractivity contribution < 1.29 is 14.7 Å². The van der Waals surface area contributed by atoms with Crippen molar-refractivity contribution in [2.75, 3.05) is 11.1 Å². The molecule has 0 unspecified atom stereocenters. The normalized spacial score (nSPS) is 10.3. The number of aromatic carboxylic acids is 1. The van der Waals surface area contributed by atoms with Crippen molar-refractivity contribution in [3.05, 3.63) is 57.0 Å². The fourth-order valence-corrected chi connectivity index (χ4v) is 3.36. The van der Waals surface area contributed by atoms with Crippen molar-refractivity contribution >= 4 is 81.5 Å². The number of nitrogens with one attached hydrogen (secondary N) is 2. The van der Waals surface area contributed by atoms with E-state index in [9.17, 15) is 9.59 Å². The second kappa shape index (κ2) is 9.43. The minimum absolute atomic E-state index is 0.00219. The monoisotopic (exact) mass is 448 g/mol. The third-order valence-corrected chi connectivity index (χ3v) is 5.07. The lowest BCUT2D eigenvalue weighted by atomic mass is 10.2. The van der Waals surface area contributed by atoms with Crippen LogP contribution in [0.3, 0.4) is 0 Å².